The van der Waals surface area contributed by atoms with Gasteiger partial charge in [-0.1, -0.05) is 12.1 Å². The van der Waals surface area contributed by atoms with Crippen molar-refractivity contribution in [1.82, 2.24) is 0 Å². The second-order valence-electron chi connectivity index (χ2n) is 4.48. The molecule has 6 heteroatoms. The summed E-state index contributed by atoms with van der Waals surface area (Å²) in [6.07, 6.45) is 0. The third kappa shape index (κ3) is 3.28. The number of ketones is 1. The summed E-state index contributed by atoms with van der Waals surface area (Å²) in [5.41, 5.74) is 1.10. The summed E-state index contributed by atoms with van der Waals surface area (Å²) < 4.78 is 6.22. The number of nitrogens with zero attached hydrogens (tertiary/aromatic N) is 1. The molecule has 0 saturated heterocycles. The molecular weight excluding hydrogens is 338 g/mol. The quantitative estimate of drug-likeness (QED) is 0.457. The zero-order chi connectivity index (χ0) is 15.6. The number of ether oxygens (including phenoxy) is 1. The standard InChI is InChI=1S/C15H12BrNO4/c1-9-4-3-5-14(17(19)20)15(9)21-11-6-7-12(10(2)18)13(16)8-11/h3-8H,1-2H3. The van der Waals surface area contributed by atoms with Crippen LogP contribution in [-0.4, -0.2) is 10.7 Å². The highest BCUT2D eigenvalue weighted by Crippen LogP contribution is 2.35. The number of para-hydroxylation sites is 1. The molecule has 0 unspecified atom stereocenters. The molecule has 0 aromatic heterocycles. The number of nitro benzene ring substituents is 1. The molecule has 0 aliphatic heterocycles. The van der Waals surface area contributed by atoms with Crippen molar-refractivity contribution in [2.75, 3.05) is 0 Å². The van der Waals surface area contributed by atoms with Gasteiger partial charge in [0, 0.05) is 16.1 Å². The van der Waals surface area contributed by atoms with E-state index >= 15 is 0 Å². The third-order valence-electron chi connectivity index (χ3n) is 2.93. The van der Waals surface area contributed by atoms with E-state index in [9.17, 15) is 14.9 Å². The molecule has 0 aliphatic carbocycles. The lowest BCUT2D eigenvalue weighted by molar-refractivity contribution is -0.385. The molecule has 0 N–H and O–H groups in total. The molecule has 2 rings (SSSR count). The van der Waals surface area contributed by atoms with Crippen LogP contribution in [0.4, 0.5) is 5.69 Å². The normalized spacial score (nSPS) is 10.2. The average molecular weight is 350 g/mol. The summed E-state index contributed by atoms with van der Waals surface area (Å²) in [4.78, 5) is 21.9. The Morgan fingerprint density at radius 3 is 2.57 bits per heavy atom. The maximum Gasteiger partial charge on any atom is 0.311 e. The molecule has 5 nitrogen and oxygen atoms in total. The third-order valence-corrected chi connectivity index (χ3v) is 3.58. The van der Waals surface area contributed by atoms with Gasteiger partial charge in [-0.15, -0.1) is 0 Å². The van der Waals surface area contributed by atoms with E-state index in [1.807, 2.05) is 0 Å². The molecule has 0 heterocycles. The van der Waals surface area contributed by atoms with Gasteiger partial charge in [0.05, 0.1) is 4.92 Å². The van der Waals surface area contributed by atoms with E-state index < -0.39 is 4.92 Å². The van der Waals surface area contributed by atoms with Crippen LogP contribution in [0.1, 0.15) is 22.8 Å². The summed E-state index contributed by atoms with van der Waals surface area (Å²) in [6.45, 7) is 3.20. The molecule has 2 aromatic rings. The van der Waals surface area contributed by atoms with Gasteiger partial charge in [-0.05, 0) is 53.5 Å². The number of aryl methyl sites for hydroxylation is 1. The second-order valence-corrected chi connectivity index (χ2v) is 5.33. The number of hydrogen-bond acceptors (Lipinski definition) is 4. The molecule has 0 spiro atoms. The number of carbonyl (C=O) groups is 1. The fourth-order valence-corrected chi connectivity index (χ4v) is 2.51. The highest BCUT2D eigenvalue weighted by atomic mass is 79.9. The first-order valence-electron chi connectivity index (χ1n) is 6.12. The van der Waals surface area contributed by atoms with Crippen LogP contribution in [0.25, 0.3) is 0 Å². The molecule has 0 bridgehead atoms. The summed E-state index contributed by atoms with van der Waals surface area (Å²) in [5, 5.41) is 11.0. The summed E-state index contributed by atoms with van der Waals surface area (Å²) in [7, 11) is 0. The van der Waals surface area contributed by atoms with E-state index in [1.54, 1.807) is 37.3 Å². The lowest BCUT2D eigenvalue weighted by Crippen LogP contribution is -1.97. The molecule has 0 aliphatic rings. The van der Waals surface area contributed by atoms with Gasteiger partial charge >= 0.3 is 5.69 Å². The van der Waals surface area contributed by atoms with Crippen LogP contribution in [0.15, 0.2) is 40.9 Å². The first-order chi connectivity index (χ1) is 9.90. The molecule has 108 valence electrons. The van der Waals surface area contributed by atoms with E-state index in [1.165, 1.54) is 13.0 Å². The first-order valence-corrected chi connectivity index (χ1v) is 6.92. The number of Topliss-reactive ketones (excluding diaryl/α,β-unsaturated/α-hetero) is 1. The van der Waals surface area contributed by atoms with Crippen LogP contribution in [-0.2, 0) is 0 Å². The summed E-state index contributed by atoms with van der Waals surface area (Å²) in [5.74, 6) is 0.546. The van der Waals surface area contributed by atoms with Crippen LogP contribution < -0.4 is 4.74 Å². The van der Waals surface area contributed by atoms with E-state index in [0.717, 1.165) is 0 Å². The molecule has 0 saturated carbocycles. The molecule has 21 heavy (non-hydrogen) atoms. The predicted octanol–water partition coefficient (Wildman–Crippen LogP) is 4.66. The van der Waals surface area contributed by atoms with Gasteiger partial charge in [0.25, 0.3) is 0 Å². The van der Waals surface area contributed by atoms with E-state index in [2.05, 4.69) is 15.9 Å². The van der Waals surface area contributed by atoms with E-state index in [0.29, 0.717) is 21.3 Å². The number of benzene rings is 2. The van der Waals surface area contributed by atoms with E-state index in [4.69, 9.17) is 4.74 Å². The van der Waals surface area contributed by atoms with Crippen molar-refractivity contribution in [2.45, 2.75) is 13.8 Å². The summed E-state index contributed by atoms with van der Waals surface area (Å²) >= 11 is 3.29. The smallest absolute Gasteiger partial charge is 0.311 e. The van der Waals surface area contributed by atoms with Crippen LogP contribution in [0.3, 0.4) is 0 Å². The summed E-state index contributed by atoms with van der Waals surface area (Å²) in [6, 6.07) is 9.58. The van der Waals surface area contributed by atoms with Crippen molar-refractivity contribution in [1.29, 1.82) is 0 Å². The van der Waals surface area contributed by atoms with Crippen LogP contribution in [0, 0.1) is 17.0 Å². The van der Waals surface area contributed by atoms with Gasteiger partial charge in [0.15, 0.2) is 5.78 Å². The fourth-order valence-electron chi connectivity index (χ4n) is 1.88. The minimum absolute atomic E-state index is 0.0738. The molecule has 0 amide bonds. The van der Waals surface area contributed by atoms with Crippen LogP contribution in [0.2, 0.25) is 0 Å². The zero-order valence-electron chi connectivity index (χ0n) is 11.4. The fraction of sp³-hybridized carbons (Fsp3) is 0.133. The Balaban J connectivity index is 2.41. The molecule has 0 fully saturated rings. The zero-order valence-corrected chi connectivity index (χ0v) is 13.0. The van der Waals surface area contributed by atoms with E-state index in [-0.39, 0.29) is 17.2 Å². The maximum absolute atomic E-state index is 11.4. The van der Waals surface area contributed by atoms with Gasteiger partial charge in [-0.3, -0.25) is 14.9 Å². The lowest BCUT2D eigenvalue weighted by Gasteiger charge is -2.10. The van der Waals surface area contributed by atoms with Crippen LogP contribution >= 0.6 is 15.9 Å². The first kappa shape index (κ1) is 15.2. The topological polar surface area (TPSA) is 69.4 Å². The average Bonchev–Trinajstić information content (AvgIpc) is 2.40. The van der Waals surface area contributed by atoms with Crippen LogP contribution in [0.5, 0.6) is 11.5 Å². The number of halogens is 1. The predicted molar refractivity (Wildman–Crippen MR) is 82.1 cm³/mol. The van der Waals surface area contributed by atoms with Crippen molar-refractivity contribution >= 4 is 27.4 Å². The highest BCUT2D eigenvalue weighted by Gasteiger charge is 2.18. The Hall–Kier alpha value is -2.21. The molecule has 0 radical (unpaired) electrons. The highest BCUT2D eigenvalue weighted by molar-refractivity contribution is 9.10. The lowest BCUT2D eigenvalue weighted by atomic mass is 10.1. The second kappa shape index (κ2) is 6.05. The van der Waals surface area contributed by atoms with Crippen molar-refractivity contribution in [3.8, 4) is 11.5 Å². The number of nitro groups is 1. The van der Waals surface area contributed by atoms with Gasteiger partial charge in [-0.25, -0.2) is 0 Å². The van der Waals surface area contributed by atoms with Crippen molar-refractivity contribution < 1.29 is 14.5 Å². The van der Waals surface area contributed by atoms with Crippen molar-refractivity contribution in [3.63, 3.8) is 0 Å². The minimum Gasteiger partial charge on any atom is -0.450 e. The number of hydrogen-bond donors (Lipinski definition) is 0. The Labute approximate surface area is 129 Å². The van der Waals surface area contributed by atoms with Crippen molar-refractivity contribution in [3.05, 3.63) is 62.1 Å². The number of carbonyl (C=O) groups excluding carboxylic acids is 1. The van der Waals surface area contributed by atoms with Gasteiger partial charge < -0.3 is 4.74 Å². The monoisotopic (exact) mass is 349 g/mol. The minimum atomic E-state index is -0.485. The Morgan fingerprint density at radius 1 is 1.29 bits per heavy atom. The Morgan fingerprint density at radius 2 is 2.00 bits per heavy atom. The molecular formula is C15H12BrNO4. The maximum atomic E-state index is 11.4. The van der Waals surface area contributed by atoms with Gasteiger partial charge in [0.1, 0.15) is 5.75 Å². The van der Waals surface area contributed by atoms with Gasteiger partial charge in [-0.2, -0.15) is 0 Å². The number of rotatable bonds is 4. The molecule has 2 aromatic carbocycles. The van der Waals surface area contributed by atoms with Crippen molar-refractivity contribution in [2.24, 2.45) is 0 Å². The van der Waals surface area contributed by atoms with Gasteiger partial charge in [0.2, 0.25) is 5.75 Å². The Kier molecular flexibility index (Phi) is 4.37. The molecule has 0 atom stereocenters. The SMILES string of the molecule is CC(=O)c1ccc(Oc2c(C)cccc2[N+](=O)[O-])cc1Br. The Bertz CT molecular complexity index is 728. The largest absolute Gasteiger partial charge is 0.450 e.